The van der Waals surface area contributed by atoms with Gasteiger partial charge >= 0.3 is 5.97 Å². The zero-order valence-corrected chi connectivity index (χ0v) is 9.20. The Labute approximate surface area is 86.1 Å². The second-order valence-corrected chi connectivity index (χ2v) is 4.43. The monoisotopic (exact) mass is 199 g/mol. The Hall–Kier alpha value is -0.570. The van der Waals surface area contributed by atoms with Gasteiger partial charge in [0.15, 0.2) is 0 Å². The Morgan fingerprint density at radius 2 is 2.14 bits per heavy atom. The number of carbonyl (C=O) groups is 1. The van der Waals surface area contributed by atoms with E-state index < -0.39 is 5.97 Å². The van der Waals surface area contributed by atoms with E-state index in [1.54, 1.807) is 0 Å². The van der Waals surface area contributed by atoms with Crippen molar-refractivity contribution >= 4 is 5.97 Å². The molecule has 1 rings (SSSR count). The van der Waals surface area contributed by atoms with Gasteiger partial charge in [-0.1, -0.05) is 12.8 Å². The minimum Gasteiger partial charge on any atom is -0.481 e. The Morgan fingerprint density at radius 1 is 1.43 bits per heavy atom. The van der Waals surface area contributed by atoms with Gasteiger partial charge < -0.3 is 5.11 Å². The van der Waals surface area contributed by atoms with Crippen LogP contribution in [-0.2, 0) is 4.79 Å². The highest BCUT2D eigenvalue weighted by molar-refractivity contribution is 5.67. The molecule has 1 saturated heterocycles. The molecular formula is C11H21NO2. The summed E-state index contributed by atoms with van der Waals surface area (Å²) in [6, 6.07) is 0.729. The molecule has 0 aliphatic carbocycles. The fourth-order valence-corrected chi connectivity index (χ4v) is 2.30. The summed E-state index contributed by atoms with van der Waals surface area (Å²) in [6.07, 6.45) is 5.00. The van der Waals surface area contributed by atoms with E-state index in [9.17, 15) is 4.79 Å². The highest BCUT2D eigenvalue weighted by Crippen LogP contribution is 2.21. The molecule has 3 nitrogen and oxygen atoms in total. The quantitative estimate of drug-likeness (QED) is 0.756. The molecule has 82 valence electrons. The van der Waals surface area contributed by atoms with Crippen LogP contribution in [0.4, 0.5) is 0 Å². The van der Waals surface area contributed by atoms with Crippen LogP contribution < -0.4 is 0 Å². The van der Waals surface area contributed by atoms with Crippen LogP contribution >= 0.6 is 0 Å². The first kappa shape index (κ1) is 11.5. The maximum atomic E-state index is 10.7. The Morgan fingerprint density at radius 3 is 2.71 bits per heavy atom. The minimum atomic E-state index is -0.664. The minimum absolute atomic E-state index is 0.259. The highest BCUT2D eigenvalue weighted by atomic mass is 16.4. The van der Waals surface area contributed by atoms with Crippen molar-refractivity contribution in [3.8, 4) is 0 Å². The van der Waals surface area contributed by atoms with Crippen LogP contribution in [0.5, 0.6) is 0 Å². The zero-order chi connectivity index (χ0) is 10.6. The lowest BCUT2D eigenvalue weighted by molar-refractivity contribution is -0.138. The van der Waals surface area contributed by atoms with Crippen LogP contribution in [0.25, 0.3) is 0 Å². The number of aliphatic carboxylic acids is 1. The standard InChI is InChI=1S/C11H21NO2/c1-9(2)12-7-5-3-4-6-10(12)8-11(13)14/h9-10H,3-8H2,1-2H3,(H,13,14). The average Bonchev–Trinajstić information content (AvgIpc) is 2.28. The second-order valence-electron chi connectivity index (χ2n) is 4.43. The highest BCUT2D eigenvalue weighted by Gasteiger charge is 2.24. The molecule has 1 atom stereocenters. The Balaban J connectivity index is 2.58. The zero-order valence-electron chi connectivity index (χ0n) is 9.20. The molecule has 1 N–H and O–H groups in total. The van der Waals surface area contributed by atoms with Gasteiger partial charge in [-0.05, 0) is 33.2 Å². The SMILES string of the molecule is CC(C)N1CCCCCC1CC(=O)O. The molecule has 0 bridgehead atoms. The third-order valence-corrected chi connectivity index (χ3v) is 3.00. The fourth-order valence-electron chi connectivity index (χ4n) is 2.30. The van der Waals surface area contributed by atoms with Crippen molar-refractivity contribution in [3.63, 3.8) is 0 Å². The lowest BCUT2D eigenvalue weighted by Crippen LogP contribution is -2.41. The molecule has 14 heavy (non-hydrogen) atoms. The summed E-state index contributed by atoms with van der Waals surface area (Å²) in [4.78, 5) is 13.1. The van der Waals surface area contributed by atoms with Gasteiger partial charge in [0.25, 0.3) is 0 Å². The molecule has 1 unspecified atom stereocenters. The smallest absolute Gasteiger partial charge is 0.304 e. The van der Waals surface area contributed by atoms with Crippen molar-refractivity contribution in [2.45, 2.75) is 58.0 Å². The molecular weight excluding hydrogens is 178 g/mol. The summed E-state index contributed by atoms with van der Waals surface area (Å²) in [5.41, 5.74) is 0. The summed E-state index contributed by atoms with van der Waals surface area (Å²) in [5.74, 6) is -0.664. The van der Waals surface area contributed by atoms with E-state index >= 15 is 0 Å². The Kier molecular flexibility index (Phi) is 4.39. The third kappa shape index (κ3) is 3.29. The number of carboxylic acid groups (broad SMARTS) is 1. The summed E-state index contributed by atoms with van der Waals surface area (Å²) in [5, 5.41) is 8.83. The van der Waals surface area contributed by atoms with Gasteiger partial charge in [-0.25, -0.2) is 0 Å². The van der Waals surface area contributed by atoms with Crippen LogP contribution in [0.1, 0.15) is 46.0 Å². The predicted octanol–water partition coefficient (Wildman–Crippen LogP) is 2.11. The van der Waals surface area contributed by atoms with Crippen molar-refractivity contribution in [2.24, 2.45) is 0 Å². The van der Waals surface area contributed by atoms with Gasteiger partial charge in [-0.2, -0.15) is 0 Å². The summed E-state index contributed by atoms with van der Waals surface area (Å²) in [7, 11) is 0. The molecule has 0 aromatic heterocycles. The normalized spacial score (nSPS) is 24.9. The summed E-state index contributed by atoms with van der Waals surface area (Å²) in [6.45, 7) is 5.37. The van der Waals surface area contributed by atoms with E-state index in [-0.39, 0.29) is 6.04 Å². The van der Waals surface area contributed by atoms with Crippen molar-refractivity contribution in [1.82, 2.24) is 4.90 Å². The first-order valence-corrected chi connectivity index (χ1v) is 5.59. The topological polar surface area (TPSA) is 40.5 Å². The molecule has 1 aliphatic heterocycles. The van der Waals surface area contributed by atoms with Crippen molar-refractivity contribution < 1.29 is 9.90 Å². The third-order valence-electron chi connectivity index (χ3n) is 3.00. The molecule has 1 aliphatic rings. The number of nitrogens with zero attached hydrogens (tertiary/aromatic N) is 1. The largest absolute Gasteiger partial charge is 0.481 e. The number of hydrogen-bond donors (Lipinski definition) is 1. The molecule has 0 aromatic carbocycles. The van der Waals surface area contributed by atoms with Crippen molar-refractivity contribution in [3.05, 3.63) is 0 Å². The average molecular weight is 199 g/mol. The first-order chi connectivity index (χ1) is 6.61. The van der Waals surface area contributed by atoms with Crippen LogP contribution in [0.3, 0.4) is 0 Å². The van der Waals surface area contributed by atoms with Gasteiger partial charge in [-0.15, -0.1) is 0 Å². The summed E-state index contributed by atoms with van der Waals surface area (Å²) >= 11 is 0. The maximum absolute atomic E-state index is 10.7. The Bertz CT molecular complexity index is 192. The van der Waals surface area contributed by atoms with Crippen LogP contribution in [0.15, 0.2) is 0 Å². The van der Waals surface area contributed by atoms with E-state index in [1.807, 2.05) is 0 Å². The van der Waals surface area contributed by atoms with Gasteiger partial charge in [-0.3, -0.25) is 9.69 Å². The molecule has 1 heterocycles. The molecule has 0 aromatic rings. The maximum Gasteiger partial charge on any atom is 0.304 e. The number of carboxylic acids is 1. The van der Waals surface area contributed by atoms with E-state index in [1.165, 1.54) is 19.3 Å². The van der Waals surface area contributed by atoms with Crippen LogP contribution in [0.2, 0.25) is 0 Å². The number of likely N-dealkylation sites (tertiary alicyclic amines) is 1. The van der Waals surface area contributed by atoms with E-state index in [4.69, 9.17) is 5.11 Å². The number of rotatable bonds is 3. The number of hydrogen-bond acceptors (Lipinski definition) is 2. The predicted molar refractivity (Wildman–Crippen MR) is 56.4 cm³/mol. The van der Waals surface area contributed by atoms with Crippen LogP contribution in [0, 0.1) is 0 Å². The molecule has 1 fully saturated rings. The van der Waals surface area contributed by atoms with Crippen molar-refractivity contribution in [1.29, 1.82) is 0 Å². The van der Waals surface area contributed by atoms with Gasteiger partial charge in [0, 0.05) is 12.1 Å². The molecule has 3 heteroatoms. The van der Waals surface area contributed by atoms with Crippen molar-refractivity contribution in [2.75, 3.05) is 6.54 Å². The van der Waals surface area contributed by atoms with Gasteiger partial charge in [0.2, 0.25) is 0 Å². The molecule has 0 amide bonds. The van der Waals surface area contributed by atoms with E-state index in [2.05, 4.69) is 18.7 Å². The van der Waals surface area contributed by atoms with Gasteiger partial charge in [0.1, 0.15) is 0 Å². The van der Waals surface area contributed by atoms with Crippen LogP contribution in [-0.4, -0.2) is 34.6 Å². The van der Waals surface area contributed by atoms with E-state index in [0.717, 1.165) is 13.0 Å². The van der Waals surface area contributed by atoms with E-state index in [0.29, 0.717) is 12.5 Å². The fraction of sp³-hybridized carbons (Fsp3) is 0.909. The lowest BCUT2D eigenvalue weighted by atomic mass is 10.1. The van der Waals surface area contributed by atoms with Gasteiger partial charge in [0.05, 0.1) is 6.42 Å². The first-order valence-electron chi connectivity index (χ1n) is 5.59. The summed E-state index contributed by atoms with van der Waals surface area (Å²) < 4.78 is 0. The second kappa shape index (κ2) is 5.35. The lowest BCUT2D eigenvalue weighted by Gasteiger charge is -2.32. The molecule has 0 saturated carbocycles. The molecule has 0 spiro atoms. The molecule has 0 radical (unpaired) electrons.